The maximum Gasteiger partial charge on any atom is 0.252 e. The molecule has 1 N–H and O–H groups in total. The minimum atomic E-state index is -0.277. The summed E-state index contributed by atoms with van der Waals surface area (Å²) in [6.07, 6.45) is 1.74. The first-order valence-corrected chi connectivity index (χ1v) is 7.99. The molecule has 0 aliphatic carbocycles. The zero-order valence-corrected chi connectivity index (χ0v) is 13.9. The van der Waals surface area contributed by atoms with Crippen LogP contribution >= 0.6 is 0 Å². The molecule has 0 saturated carbocycles. The summed E-state index contributed by atoms with van der Waals surface area (Å²) < 4.78 is 0. The second kappa shape index (κ2) is 7.09. The summed E-state index contributed by atoms with van der Waals surface area (Å²) in [6.45, 7) is 3.98. The molecule has 0 bridgehead atoms. The van der Waals surface area contributed by atoms with Gasteiger partial charge in [-0.05, 0) is 43.2 Å². The molecule has 1 heterocycles. The van der Waals surface area contributed by atoms with E-state index in [1.54, 1.807) is 6.20 Å². The van der Waals surface area contributed by atoms with Crippen molar-refractivity contribution in [1.29, 1.82) is 0 Å². The van der Waals surface area contributed by atoms with Crippen LogP contribution in [0, 0.1) is 13.8 Å². The van der Waals surface area contributed by atoms with Crippen LogP contribution in [0.4, 0.5) is 0 Å². The van der Waals surface area contributed by atoms with Crippen molar-refractivity contribution in [3.63, 3.8) is 0 Å². The zero-order chi connectivity index (χ0) is 16.9. The van der Waals surface area contributed by atoms with Crippen LogP contribution in [0.2, 0.25) is 0 Å². The molecule has 1 unspecified atom stereocenters. The molecule has 1 amide bonds. The summed E-state index contributed by atoms with van der Waals surface area (Å²) in [6, 6.07) is 21.2. The summed E-state index contributed by atoms with van der Waals surface area (Å²) in [4.78, 5) is 17.2. The normalized spacial score (nSPS) is 11.8. The number of nitrogens with zero attached hydrogens (tertiary/aromatic N) is 1. The number of carbonyl (C=O) groups is 1. The number of nitrogens with one attached hydrogen (secondary N) is 1. The summed E-state index contributed by atoms with van der Waals surface area (Å²) in [5.41, 5.74) is 4.64. The van der Waals surface area contributed by atoms with Gasteiger partial charge in [-0.2, -0.15) is 0 Å². The Kier molecular flexibility index (Phi) is 4.71. The topological polar surface area (TPSA) is 42.0 Å². The van der Waals surface area contributed by atoms with E-state index in [1.807, 2.05) is 80.6 Å². The first-order valence-electron chi connectivity index (χ1n) is 7.99. The number of amides is 1. The lowest BCUT2D eigenvalue weighted by Gasteiger charge is -2.19. The van der Waals surface area contributed by atoms with Crippen LogP contribution in [0.1, 0.15) is 38.8 Å². The van der Waals surface area contributed by atoms with Gasteiger partial charge in [-0.3, -0.25) is 9.78 Å². The van der Waals surface area contributed by atoms with Crippen molar-refractivity contribution in [2.24, 2.45) is 0 Å². The third-order valence-electron chi connectivity index (χ3n) is 4.02. The predicted octanol–water partition coefficient (Wildman–Crippen LogP) is 4.22. The van der Waals surface area contributed by atoms with Gasteiger partial charge >= 0.3 is 0 Å². The minimum absolute atomic E-state index is 0.0907. The fraction of sp³-hybridized carbons (Fsp3) is 0.143. The van der Waals surface area contributed by atoms with Crippen molar-refractivity contribution in [2.45, 2.75) is 19.9 Å². The predicted molar refractivity (Wildman–Crippen MR) is 95.9 cm³/mol. The quantitative estimate of drug-likeness (QED) is 0.783. The lowest BCUT2D eigenvalue weighted by atomic mass is 10.0. The largest absolute Gasteiger partial charge is 0.340 e. The van der Waals surface area contributed by atoms with Crippen molar-refractivity contribution < 1.29 is 4.79 Å². The molecule has 3 rings (SSSR count). The fourth-order valence-corrected chi connectivity index (χ4v) is 2.80. The van der Waals surface area contributed by atoms with Gasteiger partial charge in [-0.15, -0.1) is 0 Å². The number of pyridine rings is 1. The summed E-state index contributed by atoms with van der Waals surface area (Å²) in [5.74, 6) is -0.0907. The van der Waals surface area contributed by atoms with Crippen LogP contribution in [0.5, 0.6) is 0 Å². The molecule has 0 saturated heterocycles. The highest BCUT2D eigenvalue weighted by molar-refractivity contribution is 5.96. The van der Waals surface area contributed by atoms with Crippen LogP contribution in [-0.4, -0.2) is 10.9 Å². The summed E-state index contributed by atoms with van der Waals surface area (Å²) >= 11 is 0. The van der Waals surface area contributed by atoms with E-state index in [-0.39, 0.29) is 11.9 Å². The van der Waals surface area contributed by atoms with Gasteiger partial charge in [-0.1, -0.05) is 54.1 Å². The van der Waals surface area contributed by atoms with Crippen molar-refractivity contribution in [2.75, 3.05) is 0 Å². The van der Waals surface area contributed by atoms with Crippen LogP contribution < -0.4 is 5.32 Å². The van der Waals surface area contributed by atoms with Gasteiger partial charge < -0.3 is 5.32 Å². The smallest absolute Gasteiger partial charge is 0.252 e. The second-order valence-electron chi connectivity index (χ2n) is 5.89. The molecule has 0 aliphatic rings. The molecule has 1 aromatic heterocycles. The second-order valence-corrected chi connectivity index (χ2v) is 5.89. The third-order valence-corrected chi connectivity index (χ3v) is 4.02. The van der Waals surface area contributed by atoms with Gasteiger partial charge in [0.25, 0.3) is 5.91 Å². The molecule has 2 aromatic carbocycles. The van der Waals surface area contributed by atoms with Crippen LogP contribution in [0.25, 0.3) is 0 Å². The standard InChI is InChI=1S/C21H20N2O/c1-15-11-12-18(16(2)14-15)21(24)23-20(17-8-4-3-5-9-17)19-10-6-7-13-22-19/h3-14,20H,1-2H3,(H,23,24). The first-order chi connectivity index (χ1) is 11.6. The van der Waals surface area contributed by atoms with E-state index in [0.717, 1.165) is 22.4 Å². The maximum absolute atomic E-state index is 12.8. The SMILES string of the molecule is Cc1ccc(C(=O)NC(c2ccccc2)c2ccccn2)c(C)c1. The van der Waals surface area contributed by atoms with E-state index >= 15 is 0 Å². The molecular weight excluding hydrogens is 296 g/mol. The lowest BCUT2D eigenvalue weighted by molar-refractivity contribution is 0.0941. The first kappa shape index (κ1) is 15.9. The number of benzene rings is 2. The number of aryl methyl sites for hydroxylation is 2. The monoisotopic (exact) mass is 316 g/mol. The highest BCUT2D eigenvalue weighted by atomic mass is 16.1. The molecule has 120 valence electrons. The van der Waals surface area contributed by atoms with Gasteiger partial charge in [0, 0.05) is 11.8 Å². The van der Waals surface area contributed by atoms with Crippen molar-refractivity contribution in [3.8, 4) is 0 Å². The number of rotatable bonds is 4. The summed E-state index contributed by atoms with van der Waals surface area (Å²) in [5, 5.41) is 3.12. The van der Waals surface area contributed by atoms with Crippen molar-refractivity contribution in [3.05, 3.63) is 101 Å². The van der Waals surface area contributed by atoms with Gasteiger partial charge in [0.05, 0.1) is 11.7 Å². The molecule has 0 aliphatic heterocycles. The Bertz CT molecular complexity index is 789. The Morgan fingerprint density at radius 3 is 2.38 bits per heavy atom. The number of hydrogen-bond donors (Lipinski definition) is 1. The van der Waals surface area contributed by atoms with Crippen LogP contribution in [-0.2, 0) is 0 Å². The molecule has 0 fully saturated rings. The van der Waals surface area contributed by atoms with Gasteiger partial charge in [0.15, 0.2) is 0 Å². The average Bonchev–Trinajstić information content (AvgIpc) is 2.61. The highest BCUT2D eigenvalue weighted by Crippen LogP contribution is 2.21. The number of hydrogen-bond acceptors (Lipinski definition) is 2. The Morgan fingerprint density at radius 2 is 1.71 bits per heavy atom. The van der Waals surface area contributed by atoms with E-state index in [9.17, 15) is 4.79 Å². The van der Waals surface area contributed by atoms with Gasteiger partial charge in [0.1, 0.15) is 0 Å². The van der Waals surface area contributed by atoms with E-state index < -0.39 is 0 Å². The molecule has 0 radical (unpaired) electrons. The van der Waals surface area contributed by atoms with Crippen LogP contribution in [0.3, 0.4) is 0 Å². The molecule has 3 heteroatoms. The molecule has 24 heavy (non-hydrogen) atoms. The Morgan fingerprint density at radius 1 is 0.958 bits per heavy atom. The van der Waals surface area contributed by atoms with Crippen molar-refractivity contribution in [1.82, 2.24) is 10.3 Å². The Hall–Kier alpha value is -2.94. The van der Waals surface area contributed by atoms with E-state index in [4.69, 9.17) is 0 Å². The van der Waals surface area contributed by atoms with Crippen LogP contribution in [0.15, 0.2) is 72.9 Å². The molecular formula is C21H20N2O. The average molecular weight is 316 g/mol. The number of aromatic nitrogens is 1. The minimum Gasteiger partial charge on any atom is -0.340 e. The third kappa shape index (κ3) is 3.51. The van der Waals surface area contributed by atoms with E-state index in [2.05, 4.69) is 10.3 Å². The van der Waals surface area contributed by atoms with E-state index in [0.29, 0.717) is 5.56 Å². The molecule has 1 atom stereocenters. The Labute approximate surface area is 142 Å². The molecule has 3 nitrogen and oxygen atoms in total. The summed E-state index contributed by atoms with van der Waals surface area (Å²) in [7, 11) is 0. The van der Waals surface area contributed by atoms with Crippen molar-refractivity contribution >= 4 is 5.91 Å². The van der Waals surface area contributed by atoms with Gasteiger partial charge in [0.2, 0.25) is 0 Å². The Balaban J connectivity index is 1.94. The van der Waals surface area contributed by atoms with Gasteiger partial charge in [-0.25, -0.2) is 0 Å². The zero-order valence-electron chi connectivity index (χ0n) is 13.9. The maximum atomic E-state index is 12.8. The molecule has 3 aromatic rings. The lowest BCUT2D eigenvalue weighted by Crippen LogP contribution is -2.30. The molecule has 0 spiro atoms. The fourth-order valence-electron chi connectivity index (χ4n) is 2.80. The van der Waals surface area contributed by atoms with E-state index in [1.165, 1.54) is 0 Å². The number of carbonyl (C=O) groups excluding carboxylic acids is 1. The highest BCUT2D eigenvalue weighted by Gasteiger charge is 2.19.